The Hall–Kier alpha value is -1.18. The second-order valence-corrected chi connectivity index (χ2v) is 7.56. The first-order chi connectivity index (χ1) is 16.9. The summed E-state index contributed by atoms with van der Waals surface area (Å²) >= 11 is 0. The Bertz CT molecular complexity index is 586. The zero-order chi connectivity index (χ0) is 29.8. The van der Waals surface area contributed by atoms with E-state index in [0.717, 1.165) is 12.2 Å². The van der Waals surface area contributed by atoms with E-state index >= 15 is 0 Å². The molecule has 6 nitrogen and oxygen atoms in total. The minimum atomic E-state index is -0.301. The van der Waals surface area contributed by atoms with Gasteiger partial charge in [0, 0.05) is 34.1 Å². The quantitative estimate of drug-likeness (QED) is 0.155. The monoisotopic (exact) mass is 600 g/mol. The Kier molecular flexibility index (Phi) is 37.7. The van der Waals surface area contributed by atoms with E-state index in [9.17, 15) is 9.59 Å². The second-order valence-electron chi connectivity index (χ2n) is 7.56. The van der Waals surface area contributed by atoms with Crippen LogP contribution in [0.2, 0.25) is 0 Å². The van der Waals surface area contributed by atoms with Gasteiger partial charge in [0.15, 0.2) is 0 Å². The van der Waals surface area contributed by atoms with Crippen LogP contribution in [-0.2, 0) is 62.3 Å². The fraction of sp³-hybridized carbons (Fsp3) is 0.333. The average Bonchev–Trinajstić information content (AvgIpc) is 3.20. The van der Waals surface area contributed by atoms with E-state index in [2.05, 4.69) is 108 Å². The van der Waals surface area contributed by atoms with E-state index in [4.69, 9.17) is 18.6 Å². The van der Waals surface area contributed by atoms with Crippen LogP contribution < -0.4 is 0 Å². The molecule has 38 heavy (non-hydrogen) atoms. The van der Waals surface area contributed by atoms with Crippen molar-refractivity contribution in [2.75, 3.05) is 0 Å². The molecular weight excluding hydrogens is 568 g/mol. The van der Waals surface area contributed by atoms with Gasteiger partial charge in [-0.3, -0.25) is 12.2 Å². The van der Waals surface area contributed by atoms with Crippen LogP contribution in [0.4, 0.5) is 0 Å². The molecule has 0 atom stereocenters. The third-order valence-corrected chi connectivity index (χ3v) is 6.32. The largest absolute Gasteiger partial charge is 0 e. The van der Waals surface area contributed by atoms with Gasteiger partial charge in [0.1, 0.15) is 0 Å². The van der Waals surface area contributed by atoms with Crippen molar-refractivity contribution in [3.8, 4) is 0 Å². The van der Waals surface area contributed by atoms with Crippen LogP contribution >= 0.6 is 0 Å². The van der Waals surface area contributed by atoms with Gasteiger partial charge in [0.25, 0.3) is 0 Å². The van der Waals surface area contributed by atoms with E-state index in [1.54, 1.807) is 0 Å². The maximum Gasteiger partial charge on any atom is 0 e. The molecule has 0 bridgehead atoms. The molecular formula is C30H32Fe2O6-2. The van der Waals surface area contributed by atoms with Crippen molar-refractivity contribution in [2.45, 2.75) is 69.2 Å². The Labute approximate surface area is 252 Å². The molecule has 3 aliphatic rings. The number of hydrogen-bond acceptors (Lipinski definition) is 2. The molecule has 8 heteroatoms. The smallest absolute Gasteiger partial charge is 0 e. The summed E-state index contributed by atoms with van der Waals surface area (Å²) in [6.07, 6.45) is 6.54. The van der Waals surface area contributed by atoms with Crippen LogP contribution in [0.25, 0.3) is 0 Å². The maximum absolute atomic E-state index is 10.2. The van der Waals surface area contributed by atoms with Crippen molar-refractivity contribution in [3.63, 3.8) is 0 Å². The van der Waals surface area contributed by atoms with Crippen LogP contribution in [0.15, 0.2) is 12.2 Å². The molecule has 206 valence electrons. The van der Waals surface area contributed by atoms with Gasteiger partial charge in [-0.05, 0) is 70.7 Å². The summed E-state index contributed by atoms with van der Waals surface area (Å²) in [5.74, 6) is 14.1. The molecule has 0 N–H and O–H groups in total. The van der Waals surface area contributed by atoms with Crippen LogP contribution in [0.1, 0.15) is 69.2 Å². The Balaban J connectivity index is -0.0000000874. The van der Waals surface area contributed by atoms with Crippen molar-refractivity contribution in [2.24, 2.45) is 0 Å². The molecule has 0 heterocycles. The van der Waals surface area contributed by atoms with E-state index in [-0.39, 0.29) is 45.7 Å². The molecule has 10 radical (unpaired) electrons. The minimum Gasteiger partial charge on any atom is 0 e. The molecule has 0 unspecified atom stereocenters. The van der Waals surface area contributed by atoms with E-state index in [0.29, 0.717) is 0 Å². The predicted molar refractivity (Wildman–Crippen MR) is 131 cm³/mol. The Morgan fingerprint density at radius 3 is 0.579 bits per heavy atom. The minimum absolute atomic E-state index is 0. The van der Waals surface area contributed by atoms with Crippen LogP contribution in [0, 0.1) is 97.9 Å². The summed E-state index contributed by atoms with van der Waals surface area (Å²) in [4.78, 5) is 20.4. The summed E-state index contributed by atoms with van der Waals surface area (Å²) in [5, 5.41) is 0. The van der Waals surface area contributed by atoms with Crippen LogP contribution in [0.5, 0.6) is 0 Å². The van der Waals surface area contributed by atoms with Crippen LogP contribution in [-0.4, -0.2) is 11.6 Å². The molecule has 0 aromatic carbocycles. The number of carbonyl (C=O) groups excluding carboxylic acids is 2. The summed E-state index contributed by atoms with van der Waals surface area (Å²) in [6, 6.07) is 0. The molecule has 2 fully saturated rings. The topological polar surface area (TPSA) is 114 Å². The summed E-state index contributed by atoms with van der Waals surface area (Å²) in [6.45, 7) is 40.0. The molecule has 0 aliphatic heterocycles. The van der Waals surface area contributed by atoms with Gasteiger partial charge < -0.3 is 9.59 Å². The van der Waals surface area contributed by atoms with Crippen molar-refractivity contribution >= 4 is 11.6 Å². The standard InChI is InChI=1S/2C10H15.C6H2O2.4CO.2Fe/c2*1-6-7(2)9(4)10(5)8(6)3;7-5-1-2-6(8)4-3-5;4*1-2;;/h2*1-5H3;1,4H;;;;;;/q;;-2;;;;;;. The van der Waals surface area contributed by atoms with Crippen molar-refractivity contribution in [1.29, 1.82) is 0 Å². The zero-order valence-corrected chi connectivity index (χ0v) is 25.5. The van der Waals surface area contributed by atoms with Gasteiger partial charge in [-0.1, -0.05) is 69.2 Å². The average molecular weight is 600 g/mol. The predicted octanol–water partition coefficient (Wildman–Crippen LogP) is 5.65. The third-order valence-electron chi connectivity index (χ3n) is 6.32. The molecule has 0 aromatic rings. The van der Waals surface area contributed by atoms with Gasteiger partial charge in [-0.2, -0.15) is 0 Å². The molecule has 2 saturated carbocycles. The fourth-order valence-corrected chi connectivity index (χ4v) is 3.17. The first kappa shape index (κ1) is 49.7. The molecule has 3 aliphatic carbocycles. The fourth-order valence-electron chi connectivity index (χ4n) is 3.17. The molecule has 0 saturated heterocycles. The molecule has 0 spiro atoms. The number of rotatable bonds is 0. The maximum atomic E-state index is 10.2. The number of ketones is 2. The van der Waals surface area contributed by atoms with Gasteiger partial charge in [-0.25, -0.2) is 12.2 Å². The van der Waals surface area contributed by atoms with Crippen LogP contribution in [0.3, 0.4) is 0 Å². The van der Waals surface area contributed by atoms with Crippen molar-refractivity contribution in [3.05, 3.63) is 110 Å². The van der Waals surface area contributed by atoms with E-state index in [1.165, 1.54) is 59.2 Å². The number of carbonyl (C=O) groups is 2. The van der Waals surface area contributed by atoms with Gasteiger partial charge in [0.2, 0.25) is 0 Å². The Morgan fingerprint density at radius 2 is 0.500 bits per heavy atom. The zero-order valence-electron chi connectivity index (χ0n) is 23.3. The van der Waals surface area contributed by atoms with E-state index in [1.807, 2.05) is 0 Å². The first-order valence-electron chi connectivity index (χ1n) is 10.4. The number of allylic oxidation sites excluding steroid dienone is 4. The third kappa shape index (κ3) is 16.7. The van der Waals surface area contributed by atoms with Gasteiger partial charge in [0.05, 0.1) is 0 Å². The normalized spacial score (nSPS) is 18.9. The van der Waals surface area contributed by atoms with Gasteiger partial charge >= 0.3 is 45.2 Å². The summed E-state index contributed by atoms with van der Waals surface area (Å²) < 4.78 is 30.0. The number of hydrogen-bond donors (Lipinski definition) is 0. The first-order valence-corrected chi connectivity index (χ1v) is 10.4. The van der Waals surface area contributed by atoms with Gasteiger partial charge in [-0.15, -0.1) is 0 Å². The molecule has 3 rings (SSSR count). The molecule has 0 aromatic heterocycles. The van der Waals surface area contributed by atoms with Crippen molar-refractivity contribution in [1.82, 2.24) is 0 Å². The SMILES string of the molecule is C[C]1[C](C)[C](C)[C](C)[C]1C.C[C]1[C](C)[C](C)[C](C)[C]1C.O=C1[C-]=CC(=O)[C-]=C1.[C-]#[O+].[C-]#[O+].[C-]#[O+].[C-]#[O+].[Fe].[Fe]. The Morgan fingerprint density at radius 1 is 0.395 bits per heavy atom. The second kappa shape index (κ2) is 28.8. The summed E-state index contributed by atoms with van der Waals surface area (Å²) in [5.41, 5.74) is 0. The molecule has 0 amide bonds. The summed E-state index contributed by atoms with van der Waals surface area (Å²) in [7, 11) is 0. The van der Waals surface area contributed by atoms with Crippen molar-refractivity contribution < 1.29 is 62.3 Å². The van der Waals surface area contributed by atoms with E-state index < -0.39 is 0 Å².